The summed E-state index contributed by atoms with van der Waals surface area (Å²) in [6.07, 6.45) is 2.20. The molecule has 0 radical (unpaired) electrons. The molecule has 0 aliphatic heterocycles. The molecular formula is C23H30FO2P. The largest absolute Gasteiger partial charge is 0.386 e. The molecule has 146 valence electrons. The fourth-order valence-electron chi connectivity index (χ4n) is 4.27. The van der Waals surface area contributed by atoms with Crippen LogP contribution in [-0.2, 0) is 4.57 Å². The first-order chi connectivity index (χ1) is 12.7. The van der Waals surface area contributed by atoms with E-state index in [1.54, 1.807) is 48.5 Å². The Morgan fingerprint density at radius 3 is 1.74 bits per heavy atom. The van der Waals surface area contributed by atoms with Crippen LogP contribution in [0.1, 0.15) is 46.5 Å². The van der Waals surface area contributed by atoms with E-state index in [9.17, 15) is 9.67 Å². The molecule has 0 bridgehead atoms. The Bertz CT molecular complexity index is 747. The second-order valence-corrected chi connectivity index (χ2v) is 11.7. The summed E-state index contributed by atoms with van der Waals surface area (Å²) in [5, 5.41) is 12.2. The molecule has 1 aliphatic carbocycles. The molecule has 1 aliphatic rings. The lowest BCUT2D eigenvalue weighted by atomic mass is 9.68. The Labute approximate surface area is 162 Å². The van der Waals surface area contributed by atoms with Gasteiger partial charge in [0.05, 0.1) is 0 Å². The summed E-state index contributed by atoms with van der Waals surface area (Å²) in [4.78, 5) is 0. The van der Waals surface area contributed by atoms with Crippen molar-refractivity contribution in [1.82, 2.24) is 0 Å². The van der Waals surface area contributed by atoms with Crippen LogP contribution < -0.4 is 10.6 Å². The SMILES string of the molecule is CC(C)(C)C1CCC(O)([C@H](F)P(=O)(c2ccccc2)c2ccccc2)CC1. The summed E-state index contributed by atoms with van der Waals surface area (Å²) in [6, 6.07) is 17.6. The van der Waals surface area contributed by atoms with Gasteiger partial charge in [0, 0.05) is 10.6 Å². The van der Waals surface area contributed by atoms with Crippen molar-refractivity contribution in [3.8, 4) is 0 Å². The summed E-state index contributed by atoms with van der Waals surface area (Å²) >= 11 is 0. The van der Waals surface area contributed by atoms with Gasteiger partial charge in [0.15, 0.2) is 13.1 Å². The smallest absolute Gasteiger partial charge is 0.189 e. The predicted octanol–water partition coefficient (Wildman–Crippen LogP) is 5.26. The van der Waals surface area contributed by atoms with Crippen LogP contribution in [0.25, 0.3) is 0 Å². The van der Waals surface area contributed by atoms with Crippen molar-refractivity contribution in [2.24, 2.45) is 11.3 Å². The molecule has 0 aromatic heterocycles. The molecule has 2 aromatic carbocycles. The van der Waals surface area contributed by atoms with Crippen molar-refractivity contribution in [1.29, 1.82) is 0 Å². The summed E-state index contributed by atoms with van der Waals surface area (Å²) < 4.78 is 30.2. The Hall–Kier alpha value is -1.44. The van der Waals surface area contributed by atoms with Gasteiger partial charge in [-0.05, 0) is 37.0 Å². The van der Waals surface area contributed by atoms with E-state index < -0.39 is 18.7 Å². The number of aliphatic hydroxyl groups is 1. The fourth-order valence-corrected chi connectivity index (χ4v) is 7.26. The monoisotopic (exact) mass is 388 g/mol. The van der Waals surface area contributed by atoms with Gasteiger partial charge in [-0.15, -0.1) is 0 Å². The van der Waals surface area contributed by atoms with Crippen molar-refractivity contribution in [2.45, 2.75) is 58.0 Å². The zero-order chi connectivity index (χ0) is 19.7. The van der Waals surface area contributed by atoms with E-state index >= 15 is 4.39 Å². The molecular weight excluding hydrogens is 358 g/mol. The molecule has 0 spiro atoms. The maximum absolute atomic E-state index is 16.0. The Morgan fingerprint density at radius 1 is 0.963 bits per heavy atom. The Balaban J connectivity index is 1.98. The van der Waals surface area contributed by atoms with Crippen molar-refractivity contribution >= 4 is 17.8 Å². The highest BCUT2D eigenvalue weighted by Gasteiger charge is 2.52. The van der Waals surface area contributed by atoms with Crippen LogP contribution in [0, 0.1) is 11.3 Å². The van der Waals surface area contributed by atoms with Crippen molar-refractivity contribution < 1.29 is 14.1 Å². The zero-order valence-corrected chi connectivity index (χ0v) is 17.3. The number of alkyl halides is 1. The molecule has 0 unspecified atom stereocenters. The molecule has 1 fully saturated rings. The number of halogens is 1. The summed E-state index contributed by atoms with van der Waals surface area (Å²) in [5.41, 5.74) is -1.42. The highest BCUT2D eigenvalue weighted by atomic mass is 31.2. The van der Waals surface area contributed by atoms with Crippen LogP contribution in [0.15, 0.2) is 60.7 Å². The van der Waals surface area contributed by atoms with Gasteiger partial charge >= 0.3 is 0 Å². The normalized spacial score (nSPS) is 25.1. The number of rotatable bonds is 4. The predicted molar refractivity (Wildman–Crippen MR) is 111 cm³/mol. The standard InChI is InChI=1S/C23H30FO2P/c1-22(2,3)18-14-16-23(25,17-15-18)21(24)27(26,19-10-6-4-7-11-19)20-12-8-5-9-13-20/h4-13,18,21,25H,14-17H2,1-3H3/t18?,21-,23?/m1/s1. The maximum Gasteiger partial charge on any atom is 0.189 e. The van der Waals surface area contributed by atoms with E-state index in [1.165, 1.54) is 0 Å². The van der Waals surface area contributed by atoms with Gasteiger partial charge in [-0.2, -0.15) is 0 Å². The van der Waals surface area contributed by atoms with Gasteiger partial charge in [0.1, 0.15) is 5.60 Å². The molecule has 0 amide bonds. The van der Waals surface area contributed by atoms with E-state index in [0.29, 0.717) is 29.4 Å². The van der Waals surface area contributed by atoms with Crippen LogP contribution in [0.3, 0.4) is 0 Å². The molecule has 27 heavy (non-hydrogen) atoms. The van der Waals surface area contributed by atoms with Gasteiger partial charge in [-0.3, -0.25) is 0 Å². The lowest BCUT2D eigenvalue weighted by Crippen LogP contribution is -2.47. The third-order valence-corrected chi connectivity index (χ3v) is 9.37. The summed E-state index contributed by atoms with van der Waals surface area (Å²) in [7, 11) is -3.63. The van der Waals surface area contributed by atoms with Crippen LogP contribution in [-0.4, -0.2) is 16.6 Å². The minimum Gasteiger partial charge on any atom is -0.386 e. The molecule has 2 aromatic rings. The number of hydrogen-bond donors (Lipinski definition) is 1. The van der Waals surface area contributed by atoms with Crippen LogP contribution in [0.2, 0.25) is 0 Å². The van der Waals surface area contributed by atoms with E-state index in [-0.39, 0.29) is 5.41 Å². The van der Waals surface area contributed by atoms with Gasteiger partial charge < -0.3 is 9.67 Å². The van der Waals surface area contributed by atoms with Gasteiger partial charge in [0.2, 0.25) is 0 Å². The molecule has 2 nitrogen and oxygen atoms in total. The maximum atomic E-state index is 16.0. The molecule has 4 heteroatoms. The second kappa shape index (κ2) is 7.53. The molecule has 0 saturated heterocycles. The minimum absolute atomic E-state index is 0.135. The summed E-state index contributed by atoms with van der Waals surface area (Å²) in [6.45, 7) is 6.56. The first kappa shape index (κ1) is 20.3. The first-order valence-electron chi connectivity index (χ1n) is 9.75. The fraction of sp³-hybridized carbons (Fsp3) is 0.478. The van der Waals surface area contributed by atoms with Crippen LogP contribution in [0.5, 0.6) is 0 Å². The molecule has 0 heterocycles. The van der Waals surface area contributed by atoms with E-state index in [4.69, 9.17) is 0 Å². The van der Waals surface area contributed by atoms with Gasteiger partial charge in [0.25, 0.3) is 0 Å². The number of benzene rings is 2. The van der Waals surface area contributed by atoms with Crippen LogP contribution >= 0.6 is 7.14 Å². The number of hydrogen-bond acceptors (Lipinski definition) is 2. The molecule has 3 rings (SSSR count). The topological polar surface area (TPSA) is 37.3 Å². The Morgan fingerprint density at radius 2 is 1.37 bits per heavy atom. The zero-order valence-electron chi connectivity index (χ0n) is 16.4. The van der Waals surface area contributed by atoms with E-state index in [0.717, 1.165) is 12.8 Å². The van der Waals surface area contributed by atoms with Crippen molar-refractivity contribution in [2.75, 3.05) is 0 Å². The average Bonchev–Trinajstić information content (AvgIpc) is 2.68. The molecule has 1 saturated carbocycles. The van der Waals surface area contributed by atoms with E-state index in [1.807, 2.05) is 12.1 Å². The van der Waals surface area contributed by atoms with Gasteiger partial charge in [-0.25, -0.2) is 4.39 Å². The first-order valence-corrected chi connectivity index (χ1v) is 11.5. The third-order valence-electron chi connectivity index (χ3n) is 6.12. The third kappa shape index (κ3) is 3.91. The lowest BCUT2D eigenvalue weighted by Gasteiger charge is -2.44. The van der Waals surface area contributed by atoms with Crippen LogP contribution in [0.4, 0.5) is 4.39 Å². The van der Waals surface area contributed by atoms with E-state index in [2.05, 4.69) is 20.8 Å². The van der Waals surface area contributed by atoms with Crippen molar-refractivity contribution in [3.05, 3.63) is 60.7 Å². The lowest BCUT2D eigenvalue weighted by molar-refractivity contribution is -0.0554. The highest BCUT2D eigenvalue weighted by molar-refractivity contribution is 7.79. The average molecular weight is 388 g/mol. The second-order valence-electron chi connectivity index (χ2n) is 8.91. The van der Waals surface area contributed by atoms with Crippen molar-refractivity contribution in [3.63, 3.8) is 0 Å². The molecule has 1 atom stereocenters. The summed E-state index contributed by atoms with van der Waals surface area (Å²) in [5.74, 6) is -1.37. The highest BCUT2D eigenvalue weighted by Crippen LogP contribution is 2.57. The quantitative estimate of drug-likeness (QED) is 0.725. The minimum atomic E-state index is -3.63. The molecule has 1 N–H and O–H groups in total. The van der Waals surface area contributed by atoms with Gasteiger partial charge in [-0.1, -0.05) is 81.4 Å². The Kier molecular flexibility index (Phi) is 5.66.